The second-order valence-corrected chi connectivity index (χ2v) is 7.28. The van der Waals surface area contributed by atoms with Crippen LogP contribution in [-0.4, -0.2) is 67.8 Å². The number of ether oxygens (including phenoxy) is 2. The molecule has 0 radical (unpaired) electrons. The third-order valence-corrected chi connectivity index (χ3v) is 5.13. The van der Waals surface area contributed by atoms with Crippen molar-refractivity contribution in [2.24, 2.45) is 0 Å². The average molecular weight is 409 g/mol. The van der Waals surface area contributed by atoms with E-state index in [2.05, 4.69) is 0 Å². The number of cyclic esters (lactones) is 1. The Balaban J connectivity index is 1.58. The molecule has 0 aliphatic carbocycles. The maximum Gasteiger partial charge on any atom is 0.414 e. The van der Waals surface area contributed by atoms with Gasteiger partial charge in [0.05, 0.1) is 37.7 Å². The molecule has 160 valence electrons. The van der Waals surface area contributed by atoms with Crippen molar-refractivity contribution in [3.05, 3.63) is 24.0 Å². The Labute approximate surface area is 169 Å². The molecule has 0 spiro atoms. The highest BCUT2D eigenvalue weighted by molar-refractivity contribution is 5.90. The van der Waals surface area contributed by atoms with E-state index in [0.29, 0.717) is 49.2 Å². The van der Waals surface area contributed by atoms with Gasteiger partial charge in [-0.15, -0.1) is 0 Å². The third kappa shape index (κ3) is 5.36. The summed E-state index contributed by atoms with van der Waals surface area (Å²) in [6.07, 6.45) is 1.55. The number of hydrogen-bond acceptors (Lipinski definition) is 6. The van der Waals surface area contributed by atoms with Crippen LogP contribution in [0.1, 0.15) is 32.6 Å². The molecule has 1 N–H and O–H groups in total. The molecule has 2 saturated heterocycles. The van der Waals surface area contributed by atoms with Crippen molar-refractivity contribution < 1.29 is 28.7 Å². The van der Waals surface area contributed by atoms with Gasteiger partial charge in [-0.25, -0.2) is 14.2 Å². The third-order valence-electron chi connectivity index (χ3n) is 5.13. The molecule has 1 atom stereocenters. The summed E-state index contributed by atoms with van der Waals surface area (Å²) in [4.78, 5) is 27.4. The molecular weight excluding hydrogens is 381 g/mol. The molecule has 29 heavy (non-hydrogen) atoms. The Hall–Kier alpha value is -2.39. The van der Waals surface area contributed by atoms with Crippen molar-refractivity contribution in [2.45, 2.75) is 38.7 Å². The van der Waals surface area contributed by atoms with Crippen LogP contribution >= 0.6 is 0 Å². The molecule has 0 unspecified atom stereocenters. The number of rotatable bonds is 8. The zero-order chi connectivity index (χ0) is 20.8. The first-order chi connectivity index (χ1) is 14.0. The number of carbonyl (C=O) groups excluding carboxylic acids is 2. The van der Waals surface area contributed by atoms with Gasteiger partial charge in [0.25, 0.3) is 0 Å². The fraction of sp³-hybridized carbons (Fsp3) is 0.600. The van der Waals surface area contributed by atoms with Crippen LogP contribution < -0.4 is 9.80 Å². The predicted octanol–water partition coefficient (Wildman–Crippen LogP) is 2.79. The first-order valence-corrected chi connectivity index (χ1v) is 10.1. The van der Waals surface area contributed by atoms with Gasteiger partial charge in [-0.2, -0.15) is 0 Å². The van der Waals surface area contributed by atoms with E-state index in [1.807, 2.05) is 11.8 Å². The summed E-state index contributed by atoms with van der Waals surface area (Å²) in [5.74, 6) is -0.815. The number of benzene rings is 1. The number of halogens is 1. The van der Waals surface area contributed by atoms with Gasteiger partial charge in [0.1, 0.15) is 11.9 Å². The number of carbonyl (C=O) groups is 2. The molecule has 2 amide bonds. The summed E-state index contributed by atoms with van der Waals surface area (Å²) in [7, 11) is 0. The summed E-state index contributed by atoms with van der Waals surface area (Å²) < 4.78 is 25.2. The molecule has 1 aromatic carbocycles. The van der Waals surface area contributed by atoms with Crippen molar-refractivity contribution in [2.75, 3.05) is 49.2 Å². The number of anilines is 2. The summed E-state index contributed by atoms with van der Waals surface area (Å²) in [5, 5.41) is 10.6. The molecular formula is C20H28FN3O5. The van der Waals surface area contributed by atoms with E-state index in [1.165, 1.54) is 11.0 Å². The van der Waals surface area contributed by atoms with Gasteiger partial charge in [0, 0.05) is 19.5 Å². The van der Waals surface area contributed by atoms with E-state index in [4.69, 9.17) is 9.47 Å². The first-order valence-electron chi connectivity index (χ1n) is 10.1. The largest absolute Gasteiger partial charge is 0.442 e. The Kier molecular flexibility index (Phi) is 7.27. The molecule has 0 saturated carbocycles. The number of hydroxylamine groups is 2. The second kappa shape index (κ2) is 9.89. The number of morpholine rings is 1. The van der Waals surface area contributed by atoms with Crippen molar-refractivity contribution in [3.8, 4) is 0 Å². The highest BCUT2D eigenvalue weighted by Gasteiger charge is 2.34. The molecule has 1 aromatic rings. The molecule has 8 nitrogen and oxygen atoms in total. The van der Waals surface area contributed by atoms with Crippen LogP contribution in [0.2, 0.25) is 0 Å². The lowest BCUT2D eigenvalue weighted by atomic mass is 10.2. The molecule has 3 rings (SSSR count). The topological polar surface area (TPSA) is 82.6 Å². The Bertz CT molecular complexity index is 726. The first kappa shape index (κ1) is 21.3. The van der Waals surface area contributed by atoms with Crippen LogP contribution in [0, 0.1) is 5.82 Å². The van der Waals surface area contributed by atoms with E-state index < -0.39 is 23.9 Å². The van der Waals surface area contributed by atoms with Gasteiger partial charge in [-0.05, 0) is 24.6 Å². The molecule has 9 heteroatoms. The molecule has 2 fully saturated rings. The summed E-state index contributed by atoms with van der Waals surface area (Å²) >= 11 is 0. The van der Waals surface area contributed by atoms with Gasteiger partial charge in [0.15, 0.2) is 0 Å². The molecule has 0 bridgehead atoms. The Morgan fingerprint density at radius 2 is 2.07 bits per heavy atom. The van der Waals surface area contributed by atoms with Crippen molar-refractivity contribution in [1.29, 1.82) is 0 Å². The van der Waals surface area contributed by atoms with Gasteiger partial charge < -0.3 is 14.4 Å². The van der Waals surface area contributed by atoms with Crippen molar-refractivity contribution >= 4 is 23.4 Å². The monoisotopic (exact) mass is 409 g/mol. The quantitative estimate of drug-likeness (QED) is 0.404. The smallest absolute Gasteiger partial charge is 0.414 e. The molecule has 2 aliphatic heterocycles. The number of nitrogens with zero attached hydrogens (tertiary/aromatic N) is 3. The molecule has 0 aromatic heterocycles. The average Bonchev–Trinajstić information content (AvgIpc) is 3.08. The molecule has 2 aliphatic rings. The van der Waals surface area contributed by atoms with Crippen molar-refractivity contribution in [1.82, 2.24) is 5.06 Å². The molecule has 2 heterocycles. The van der Waals surface area contributed by atoms with Crippen LogP contribution in [0.4, 0.5) is 20.6 Å². The Morgan fingerprint density at radius 1 is 1.31 bits per heavy atom. The highest BCUT2D eigenvalue weighted by Crippen LogP contribution is 2.28. The van der Waals surface area contributed by atoms with Crippen LogP contribution in [0.15, 0.2) is 18.2 Å². The van der Waals surface area contributed by atoms with E-state index in [9.17, 15) is 19.2 Å². The summed E-state index contributed by atoms with van der Waals surface area (Å²) in [6, 6.07) is 4.62. The highest BCUT2D eigenvalue weighted by atomic mass is 19.1. The van der Waals surface area contributed by atoms with Gasteiger partial charge in [-0.1, -0.05) is 19.8 Å². The summed E-state index contributed by atoms with van der Waals surface area (Å²) in [5.41, 5.74) is 0.853. The van der Waals surface area contributed by atoms with Crippen LogP contribution in [0.5, 0.6) is 0 Å². The minimum Gasteiger partial charge on any atom is -0.442 e. The lowest BCUT2D eigenvalue weighted by molar-refractivity contribution is -0.169. The van der Waals surface area contributed by atoms with E-state index >= 15 is 0 Å². The van der Waals surface area contributed by atoms with Crippen LogP contribution in [0.25, 0.3) is 0 Å². The lowest BCUT2D eigenvalue weighted by Gasteiger charge is -2.29. The standard InChI is InChI=1S/C20H28FN3O5/c1-2-3-4-5-19(25)24(27)14-16-13-23(20(26)29-16)15-6-7-18(17(21)12-15)22-8-10-28-11-9-22/h6-7,12,16,27H,2-5,8-11,13-14H2,1H3/t16-/m1/s1. The van der Waals surface area contributed by atoms with Gasteiger partial charge in [0.2, 0.25) is 5.91 Å². The van der Waals surface area contributed by atoms with E-state index in [0.717, 1.165) is 12.8 Å². The maximum atomic E-state index is 14.6. The normalized spacial score (nSPS) is 19.4. The summed E-state index contributed by atoms with van der Waals surface area (Å²) in [6.45, 7) is 4.39. The van der Waals surface area contributed by atoms with Crippen molar-refractivity contribution in [3.63, 3.8) is 0 Å². The Morgan fingerprint density at radius 3 is 2.76 bits per heavy atom. The van der Waals surface area contributed by atoms with Crippen LogP contribution in [0.3, 0.4) is 0 Å². The second-order valence-electron chi connectivity index (χ2n) is 7.28. The zero-order valence-corrected chi connectivity index (χ0v) is 16.7. The number of hydrogen-bond donors (Lipinski definition) is 1. The van der Waals surface area contributed by atoms with E-state index in [1.54, 1.807) is 12.1 Å². The lowest BCUT2D eigenvalue weighted by Crippen LogP contribution is -2.37. The fourth-order valence-electron chi connectivity index (χ4n) is 3.50. The minimum absolute atomic E-state index is 0.110. The number of amides is 2. The van der Waals surface area contributed by atoms with Gasteiger partial charge in [-0.3, -0.25) is 14.9 Å². The van der Waals surface area contributed by atoms with Crippen LogP contribution in [-0.2, 0) is 14.3 Å². The minimum atomic E-state index is -0.676. The maximum absolute atomic E-state index is 14.6. The van der Waals surface area contributed by atoms with E-state index in [-0.39, 0.29) is 19.5 Å². The predicted molar refractivity (Wildman–Crippen MR) is 105 cm³/mol. The fourth-order valence-corrected chi connectivity index (χ4v) is 3.50. The van der Waals surface area contributed by atoms with Gasteiger partial charge >= 0.3 is 6.09 Å². The SMILES string of the molecule is CCCCCC(=O)N(O)C[C@H]1CN(c2ccc(N3CCOCC3)c(F)c2)C(=O)O1. The zero-order valence-electron chi connectivity index (χ0n) is 16.7. The number of unbranched alkanes of at least 4 members (excludes halogenated alkanes) is 2.